The molecule has 2 aromatic heterocycles. The zero-order valence-corrected chi connectivity index (χ0v) is 11.8. The molecule has 8 nitrogen and oxygen atoms in total. The Labute approximate surface area is 117 Å². The lowest BCUT2D eigenvalue weighted by Crippen LogP contribution is -2.11. The third kappa shape index (κ3) is 3.66. The van der Waals surface area contributed by atoms with E-state index in [4.69, 9.17) is 5.73 Å². The first-order chi connectivity index (χ1) is 9.22. The zero-order chi connectivity index (χ0) is 13.7. The second kappa shape index (κ2) is 6.50. The number of aromatic nitrogens is 4. The SMILES string of the molecule is CNc1nnc(C(N)CCc2nnc(NC=O)s2)s1. The van der Waals surface area contributed by atoms with Crippen molar-refractivity contribution in [2.24, 2.45) is 5.73 Å². The van der Waals surface area contributed by atoms with Crippen molar-refractivity contribution in [2.75, 3.05) is 17.7 Å². The van der Waals surface area contributed by atoms with Gasteiger partial charge in [-0.1, -0.05) is 22.7 Å². The summed E-state index contributed by atoms with van der Waals surface area (Å²) in [6, 6.07) is -0.175. The van der Waals surface area contributed by atoms with Crippen LogP contribution >= 0.6 is 22.7 Å². The topological polar surface area (TPSA) is 119 Å². The van der Waals surface area contributed by atoms with Crippen molar-refractivity contribution in [3.05, 3.63) is 10.0 Å². The van der Waals surface area contributed by atoms with Gasteiger partial charge in [0.15, 0.2) is 0 Å². The number of aryl methyl sites for hydroxylation is 1. The van der Waals surface area contributed by atoms with Crippen LogP contribution in [0.15, 0.2) is 0 Å². The summed E-state index contributed by atoms with van der Waals surface area (Å²) >= 11 is 2.78. The molecule has 0 aliphatic rings. The van der Waals surface area contributed by atoms with E-state index in [0.717, 1.165) is 15.1 Å². The Morgan fingerprint density at radius 3 is 2.74 bits per heavy atom. The lowest BCUT2D eigenvalue weighted by Gasteiger charge is -2.04. The molecule has 102 valence electrons. The quantitative estimate of drug-likeness (QED) is 0.642. The second-order valence-corrected chi connectivity index (χ2v) is 5.67. The Hall–Kier alpha value is -1.65. The van der Waals surface area contributed by atoms with Crippen molar-refractivity contribution in [3.8, 4) is 0 Å². The molecule has 1 amide bonds. The molecule has 0 bridgehead atoms. The number of carbonyl (C=O) groups excluding carboxylic acids is 1. The predicted molar refractivity (Wildman–Crippen MR) is 74.3 cm³/mol. The number of carbonyl (C=O) groups is 1. The van der Waals surface area contributed by atoms with Gasteiger partial charge in [-0.2, -0.15) is 0 Å². The van der Waals surface area contributed by atoms with Gasteiger partial charge < -0.3 is 16.4 Å². The highest BCUT2D eigenvalue weighted by atomic mass is 32.1. The first-order valence-corrected chi connectivity index (χ1v) is 7.15. The smallest absolute Gasteiger partial charge is 0.213 e. The molecular formula is C9H13N7OS2. The average molecular weight is 299 g/mol. The minimum atomic E-state index is -0.175. The van der Waals surface area contributed by atoms with Crippen molar-refractivity contribution in [1.82, 2.24) is 20.4 Å². The van der Waals surface area contributed by atoms with Crippen molar-refractivity contribution >= 4 is 39.3 Å². The third-order valence-corrected chi connectivity index (χ3v) is 4.28. The van der Waals surface area contributed by atoms with E-state index in [-0.39, 0.29) is 6.04 Å². The lowest BCUT2D eigenvalue weighted by atomic mass is 10.2. The molecule has 2 aromatic rings. The summed E-state index contributed by atoms with van der Waals surface area (Å²) in [6.45, 7) is 0. The van der Waals surface area contributed by atoms with Crippen molar-refractivity contribution in [3.63, 3.8) is 0 Å². The fourth-order valence-corrected chi connectivity index (χ4v) is 2.80. The number of amides is 1. The fourth-order valence-electron chi connectivity index (χ4n) is 1.35. The maximum absolute atomic E-state index is 10.3. The summed E-state index contributed by atoms with van der Waals surface area (Å²) in [5.74, 6) is 0. The van der Waals surface area contributed by atoms with Crippen LogP contribution in [0.5, 0.6) is 0 Å². The highest BCUT2D eigenvalue weighted by molar-refractivity contribution is 7.15. The molecule has 1 unspecified atom stereocenters. The normalized spacial score (nSPS) is 12.1. The second-order valence-electron chi connectivity index (χ2n) is 3.60. The van der Waals surface area contributed by atoms with Gasteiger partial charge in [-0.3, -0.25) is 4.79 Å². The zero-order valence-electron chi connectivity index (χ0n) is 10.2. The Bertz CT molecular complexity index is 540. The van der Waals surface area contributed by atoms with Crippen molar-refractivity contribution < 1.29 is 4.79 Å². The molecule has 0 aromatic carbocycles. The van der Waals surface area contributed by atoms with Gasteiger partial charge in [-0.25, -0.2) is 0 Å². The molecule has 0 aliphatic carbocycles. The van der Waals surface area contributed by atoms with E-state index < -0.39 is 0 Å². The number of nitrogens with two attached hydrogens (primary N) is 1. The Morgan fingerprint density at radius 2 is 2.05 bits per heavy atom. The van der Waals surface area contributed by atoms with Crippen LogP contribution in [-0.2, 0) is 11.2 Å². The standard InChI is InChI=1S/C9H13N7OS2/c1-11-8-15-14-7(19-8)5(10)2-3-6-13-16-9(18-6)12-4-17/h4-5H,2-3,10H2,1H3,(H,11,15)(H,12,16,17). The number of hydrogen-bond donors (Lipinski definition) is 3. The maximum atomic E-state index is 10.3. The van der Waals surface area contributed by atoms with Crippen molar-refractivity contribution in [1.29, 1.82) is 0 Å². The maximum Gasteiger partial charge on any atom is 0.213 e. The van der Waals surface area contributed by atoms with E-state index in [9.17, 15) is 4.79 Å². The van der Waals surface area contributed by atoms with Crippen molar-refractivity contribution in [2.45, 2.75) is 18.9 Å². The minimum Gasteiger partial charge on any atom is -0.363 e. The molecule has 0 aliphatic heterocycles. The van der Waals surface area contributed by atoms with Gasteiger partial charge in [0.2, 0.25) is 16.7 Å². The summed E-state index contributed by atoms with van der Waals surface area (Å²) in [5.41, 5.74) is 6.04. The van der Waals surface area contributed by atoms with Crippen LogP contribution in [0.3, 0.4) is 0 Å². The monoisotopic (exact) mass is 299 g/mol. The highest BCUT2D eigenvalue weighted by Crippen LogP contribution is 2.24. The van der Waals surface area contributed by atoms with Crippen LogP contribution < -0.4 is 16.4 Å². The molecule has 4 N–H and O–H groups in total. The first kappa shape index (κ1) is 13.8. The lowest BCUT2D eigenvalue weighted by molar-refractivity contribution is -0.105. The number of anilines is 2. The molecule has 0 saturated carbocycles. The van der Waals surface area contributed by atoms with Gasteiger partial charge in [0.1, 0.15) is 10.0 Å². The molecule has 0 saturated heterocycles. The van der Waals surface area contributed by atoms with Crippen LogP contribution in [0.4, 0.5) is 10.3 Å². The van der Waals surface area contributed by atoms with E-state index in [1.54, 1.807) is 7.05 Å². The summed E-state index contributed by atoms with van der Waals surface area (Å²) in [7, 11) is 1.79. The van der Waals surface area contributed by atoms with Crippen LogP contribution in [-0.4, -0.2) is 33.9 Å². The molecule has 2 rings (SSSR count). The highest BCUT2D eigenvalue weighted by Gasteiger charge is 2.13. The van der Waals surface area contributed by atoms with Gasteiger partial charge in [-0.15, -0.1) is 20.4 Å². The Kier molecular flexibility index (Phi) is 4.71. The number of nitrogens with one attached hydrogen (secondary N) is 2. The Morgan fingerprint density at radius 1 is 1.26 bits per heavy atom. The van der Waals surface area contributed by atoms with E-state index in [1.165, 1.54) is 22.7 Å². The van der Waals surface area contributed by atoms with Crippen LogP contribution in [0, 0.1) is 0 Å². The molecule has 10 heteroatoms. The van der Waals surface area contributed by atoms with Crippen LogP contribution in [0.25, 0.3) is 0 Å². The molecule has 0 radical (unpaired) electrons. The third-order valence-electron chi connectivity index (χ3n) is 2.29. The molecule has 19 heavy (non-hydrogen) atoms. The van der Waals surface area contributed by atoms with Gasteiger partial charge in [0.25, 0.3) is 0 Å². The van der Waals surface area contributed by atoms with Gasteiger partial charge in [0.05, 0.1) is 6.04 Å². The van der Waals surface area contributed by atoms with E-state index in [0.29, 0.717) is 24.4 Å². The van der Waals surface area contributed by atoms with Gasteiger partial charge >= 0.3 is 0 Å². The first-order valence-electron chi connectivity index (χ1n) is 5.52. The number of nitrogens with zero attached hydrogens (tertiary/aromatic N) is 4. The van der Waals surface area contributed by atoms with Gasteiger partial charge in [-0.05, 0) is 6.42 Å². The summed E-state index contributed by atoms with van der Waals surface area (Å²) in [5, 5.41) is 24.0. The van der Waals surface area contributed by atoms with Crippen LogP contribution in [0.2, 0.25) is 0 Å². The van der Waals surface area contributed by atoms with E-state index >= 15 is 0 Å². The Balaban J connectivity index is 1.88. The molecular weight excluding hydrogens is 286 g/mol. The predicted octanol–water partition coefficient (Wildman–Crippen LogP) is 0.632. The fraction of sp³-hybridized carbons (Fsp3) is 0.444. The molecule has 1 atom stereocenters. The minimum absolute atomic E-state index is 0.175. The molecule has 0 spiro atoms. The summed E-state index contributed by atoms with van der Waals surface area (Å²) < 4.78 is 0. The van der Waals surface area contributed by atoms with Gasteiger partial charge in [0, 0.05) is 13.5 Å². The largest absolute Gasteiger partial charge is 0.363 e. The summed E-state index contributed by atoms with van der Waals surface area (Å²) in [4.78, 5) is 10.3. The molecule has 0 fully saturated rings. The average Bonchev–Trinajstić information content (AvgIpc) is 3.05. The van der Waals surface area contributed by atoms with E-state index in [1.807, 2.05) is 0 Å². The van der Waals surface area contributed by atoms with E-state index in [2.05, 4.69) is 31.0 Å². The molecule has 2 heterocycles. The number of hydrogen-bond acceptors (Lipinski definition) is 9. The van der Waals surface area contributed by atoms with Crippen LogP contribution in [0.1, 0.15) is 22.5 Å². The number of rotatable bonds is 7. The summed E-state index contributed by atoms with van der Waals surface area (Å²) in [6.07, 6.45) is 1.97.